The number of hydrogen-bond acceptors (Lipinski definition) is 2. The van der Waals surface area contributed by atoms with Gasteiger partial charge in [-0.25, -0.2) is 0 Å². The predicted molar refractivity (Wildman–Crippen MR) is 40.2 cm³/mol. The van der Waals surface area contributed by atoms with Crippen LogP contribution in [0.25, 0.3) is 5.57 Å². The van der Waals surface area contributed by atoms with E-state index in [0.717, 1.165) is 11.3 Å². The zero-order chi connectivity index (χ0) is 7.40. The van der Waals surface area contributed by atoms with E-state index in [2.05, 4.69) is 22.5 Å². The minimum absolute atomic E-state index is 0.436. The molecule has 52 valence electrons. The maximum absolute atomic E-state index is 5.39. The van der Waals surface area contributed by atoms with Gasteiger partial charge in [-0.1, -0.05) is 6.58 Å². The highest BCUT2D eigenvalue weighted by atomic mass is 15.1. The zero-order valence-electron chi connectivity index (χ0n) is 5.59. The van der Waals surface area contributed by atoms with Gasteiger partial charge in [-0.05, 0) is 6.07 Å². The Labute approximate surface area is 59.2 Å². The van der Waals surface area contributed by atoms with Gasteiger partial charge < -0.3 is 5.73 Å². The van der Waals surface area contributed by atoms with Crippen LogP contribution in [-0.4, -0.2) is 16.7 Å². The van der Waals surface area contributed by atoms with Crippen LogP contribution in [0, 0.1) is 0 Å². The Hall–Kier alpha value is -1.31. The average Bonchev–Trinajstić information content (AvgIpc) is 2.43. The molecule has 0 aliphatic heterocycles. The fraction of sp³-hybridized carbons (Fsp3) is 0.143. The van der Waals surface area contributed by atoms with Crippen molar-refractivity contribution in [1.82, 2.24) is 10.2 Å². The molecule has 0 radical (unpaired) electrons. The molecule has 0 saturated carbocycles. The summed E-state index contributed by atoms with van der Waals surface area (Å²) >= 11 is 0. The average molecular weight is 135 g/mol. The van der Waals surface area contributed by atoms with Crippen LogP contribution in [0.2, 0.25) is 0 Å². The van der Waals surface area contributed by atoms with E-state index in [1.54, 1.807) is 6.20 Å². The molecule has 0 amide bonds. The molecule has 0 atom stereocenters. The number of hydrogen-bond donors (Lipinski definition) is 2. The Bertz CT molecular complexity index is 242. The van der Waals surface area contributed by atoms with Gasteiger partial charge in [0.2, 0.25) is 0 Å². The van der Waals surface area contributed by atoms with Gasteiger partial charge in [-0.2, -0.15) is 5.10 Å². The van der Waals surface area contributed by atoms with Crippen LogP contribution < -0.4 is 5.73 Å². The highest BCUT2D eigenvalue weighted by Gasteiger charge is 1.96. The molecular weight excluding hydrogens is 126 g/mol. The van der Waals surface area contributed by atoms with Crippen LogP contribution in [0.1, 0.15) is 5.69 Å². The maximum Gasteiger partial charge on any atom is 0.0699 e. The number of nitrogens with zero attached hydrogens (tertiary/aromatic N) is 1. The second kappa shape index (κ2) is 3.01. The fourth-order valence-electron chi connectivity index (χ4n) is 0.701. The smallest absolute Gasteiger partial charge is 0.0699 e. The van der Waals surface area contributed by atoms with Crippen LogP contribution in [0.4, 0.5) is 0 Å². The predicted octanol–water partition coefficient (Wildman–Crippen LogP) is 0.537. The van der Waals surface area contributed by atoms with E-state index in [9.17, 15) is 0 Å². The lowest BCUT2D eigenvalue weighted by Gasteiger charge is -1.93. The van der Waals surface area contributed by atoms with Crippen molar-refractivity contribution in [2.24, 2.45) is 5.73 Å². The molecule has 0 spiro atoms. The van der Waals surface area contributed by atoms with E-state index in [1.807, 2.05) is 6.07 Å². The number of aromatic amines is 1. The number of aromatic nitrogens is 2. The lowest BCUT2D eigenvalue weighted by molar-refractivity contribution is 1.06. The Kier molecular flexibility index (Phi) is 2.05. The molecule has 0 unspecified atom stereocenters. The van der Waals surface area contributed by atoms with Crippen LogP contribution in [0.3, 0.4) is 0 Å². The molecule has 0 aromatic carbocycles. The van der Waals surface area contributed by atoms with Crippen molar-refractivity contribution in [2.75, 3.05) is 6.54 Å². The minimum Gasteiger partial charge on any atom is -0.326 e. The van der Waals surface area contributed by atoms with Gasteiger partial charge in [0, 0.05) is 18.3 Å². The molecule has 1 aromatic rings. The number of H-pyrrole nitrogens is 1. The molecule has 1 aromatic heterocycles. The van der Waals surface area contributed by atoms with Crippen molar-refractivity contribution in [3.8, 4) is 0 Å². The fourth-order valence-corrected chi connectivity index (χ4v) is 0.701. The van der Waals surface area contributed by atoms with Gasteiger partial charge in [-0.3, -0.25) is 5.10 Å². The van der Waals surface area contributed by atoms with Crippen LogP contribution in [0.5, 0.6) is 0 Å². The third kappa shape index (κ3) is 1.16. The first-order chi connectivity index (χ1) is 4.88. The number of rotatable bonds is 2. The van der Waals surface area contributed by atoms with Crippen molar-refractivity contribution >= 4 is 5.57 Å². The SMILES string of the molecule is C=C=C(CN)c1ccn[nH]1. The Morgan fingerprint density at radius 1 is 1.90 bits per heavy atom. The lowest BCUT2D eigenvalue weighted by Crippen LogP contribution is -2.01. The van der Waals surface area contributed by atoms with Gasteiger partial charge in [0.1, 0.15) is 0 Å². The summed E-state index contributed by atoms with van der Waals surface area (Å²) in [7, 11) is 0. The van der Waals surface area contributed by atoms with Crippen LogP contribution in [0.15, 0.2) is 24.6 Å². The van der Waals surface area contributed by atoms with E-state index < -0.39 is 0 Å². The first kappa shape index (κ1) is 6.81. The monoisotopic (exact) mass is 135 g/mol. The van der Waals surface area contributed by atoms with E-state index in [0.29, 0.717) is 6.54 Å². The maximum atomic E-state index is 5.39. The van der Waals surface area contributed by atoms with Gasteiger partial charge in [0.05, 0.1) is 5.69 Å². The Balaban J connectivity index is 2.96. The normalized spacial score (nSPS) is 8.90. The van der Waals surface area contributed by atoms with E-state index in [-0.39, 0.29) is 0 Å². The molecule has 0 aliphatic carbocycles. The molecule has 1 heterocycles. The van der Waals surface area contributed by atoms with Crippen molar-refractivity contribution in [3.05, 3.63) is 30.3 Å². The third-order valence-electron chi connectivity index (χ3n) is 1.24. The van der Waals surface area contributed by atoms with Gasteiger partial charge in [0.15, 0.2) is 0 Å². The molecule has 0 bridgehead atoms. The molecule has 10 heavy (non-hydrogen) atoms. The quantitative estimate of drug-likeness (QED) is 0.581. The molecule has 3 N–H and O–H groups in total. The van der Waals surface area contributed by atoms with E-state index >= 15 is 0 Å². The molecule has 0 saturated heterocycles. The molecule has 1 rings (SSSR count). The standard InChI is InChI=1S/C7H9N3/c1-2-6(5-8)7-3-4-9-10-7/h3-4H,1,5,8H2,(H,9,10). The summed E-state index contributed by atoms with van der Waals surface area (Å²) in [5, 5.41) is 6.54. The zero-order valence-corrected chi connectivity index (χ0v) is 5.59. The molecule has 3 nitrogen and oxygen atoms in total. The Morgan fingerprint density at radius 3 is 3.10 bits per heavy atom. The topological polar surface area (TPSA) is 54.7 Å². The van der Waals surface area contributed by atoms with E-state index in [4.69, 9.17) is 5.73 Å². The highest BCUT2D eigenvalue weighted by Crippen LogP contribution is 2.05. The first-order valence-electron chi connectivity index (χ1n) is 2.97. The molecule has 0 fully saturated rings. The van der Waals surface area contributed by atoms with Gasteiger partial charge >= 0.3 is 0 Å². The van der Waals surface area contributed by atoms with Crippen molar-refractivity contribution in [1.29, 1.82) is 0 Å². The van der Waals surface area contributed by atoms with Crippen LogP contribution in [-0.2, 0) is 0 Å². The highest BCUT2D eigenvalue weighted by molar-refractivity contribution is 5.62. The third-order valence-corrected chi connectivity index (χ3v) is 1.24. The second-order valence-electron chi connectivity index (χ2n) is 1.83. The van der Waals surface area contributed by atoms with Gasteiger partial charge in [-0.15, -0.1) is 5.73 Å². The summed E-state index contributed by atoms with van der Waals surface area (Å²) in [4.78, 5) is 0. The summed E-state index contributed by atoms with van der Waals surface area (Å²) in [5.74, 6) is 0. The Morgan fingerprint density at radius 2 is 2.70 bits per heavy atom. The van der Waals surface area contributed by atoms with Crippen molar-refractivity contribution in [3.63, 3.8) is 0 Å². The minimum atomic E-state index is 0.436. The van der Waals surface area contributed by atoms with Crippen molar-refractivity contribution < 1.29 is 0 Å². The number of nitrogens with two attached hydrogens (primary N) is 1. The molecule has 0 aliphatic rings. The summed E-state index contributed by atoms with van der Waals surface area (Å²) in [6, 6.07) is 1.83. The summed E-state index contributed by atoms with van der Waals surface area (Å²) in [6.45, 7) is 3.93. The first-order valence-corrected chi connectivity index (χ1v) is 2.97. The lowest BCUT2D eigenvalue weighted by atomic mass is 10.2. The second-order valence-corrected chi connectivity index (χ2v) is 1.83. The summed E-state index contributed by atoms with van der Waals surface area (Å²) < 4.78 is 0. The molecular formula is C7H9N3. The summed E-state index contributed by atoms with van der Waals surface area (Å²) in [5.41, 5.74) is 9.86. The largest absolute Gasteiger partial charge is 0.326 e. The van der Waals surface area contributed by atoms with Crippen molar-refractivity contribution in [2.45, 2.75) is 0 Å². The molecule has 3 heteroatoms. The summed E-state index contributed by atoms with van der Waals surface area (Å²) in [6.07, 6.45) is 1.67. The number of nitrogens with one attached hydrogen (secondary N) is 1. The van der Waals surface area contributed by atoms with E-state index in [1.165, 1.54) is 0 Å². The van der Waals surface area contributed by atoms with Crippen LogP contribution >= 0.6 is 0 Å². The van der Waals surface area contributed by atoms with Gasteiger partial charge in [0.25, 0.3) is 0 Å².